The molecule has 0 saturated heterocycles. The summed E-state index contributed by atoms with van der Waals surface area (Å²) < 4.78 is 92.0. The summed E-state index contributed by atoms with van der Waals surface area (Å²) in [5.74, 6) is 0. The average molecular weight is 438 g/mol. The maximum atomic E-state index is 13.4. The highest BCUT2D eigenvalue weighted by atomic mass is 32.2. The van der Waals surface area contributed by atoms with Crippen molar-refractivity contribution < 1.29 is 35.1 Å². The number of nitrogens with one attached hydrogen (secondary N) is 2. The second-order valence-corrected chi connectivity index (χ2v) is 9.38. The Bertz CT molecular complexity index is 1020. The molecule has 154 valence electrons. The zero-order valence-electron chi connectivity index (χ0n) is 14.4. The van der Waals surface area contributed by atoms with Crippen LogP contribution in [0.2, 0.25) is 0 Å². The summed E-state index contributed by atoms with van der Waals surface area (Å²) in [5.41, 5.74) is -3.97. The first kappa shape index (κ1) is 22.3. The number of benzene rings is 2. The molecule has 2 rings (SSSR count). The van der Waals surface area contributed by atoms with Gasteiger partial charge in [-0.05, 0) is 36.9 Å². The summed E-state index contributed by atoms with van der Waals surface area (Å²) in [7, 11) is -7.09. The van der Waals surface area contributed by atoms with Crippen LogP contribution in [0.5, 0.6) is 0 Å². The molecule has 0 amide bonds. The third kappa shape index (κ3) is 4.52. The lowest BCUT2D eigenvalue weighted by molar-refractivity contribution is -0.263. The first-order chi connectivity index (χ1) is 12.8. The van der Waals surface area contributed by atoms with Crippen molar-refractivity contribution in [3.63, 3.8) is 0 Å². The van der Waals surface area contributed by atoms with Gasteiger partial charge in [0, 0.05) is 0 Å². The lowest BCUT2D eigenvalue weighted by atomic mass is 9.93. The van der Waals surface area contributed by atoms with Crippen LogP contribution < -0.4 is 9.44 Å². The fourth-order valence-electron chi connectivity index (χ4n) is 2.28. The second kappa shape index (κ2) is 7.79. The van der Waals surface area contributed by atoms with Crippen molar-refractivity contribution >= 4 is 20.0 Å². The van der Waals surface area contributed by atoms with Gasteiger partial charge in [0.2, 0.25) is 20.0 Å². The molecular weight excluding hydrogens is 421 g/mol. The Morgan fingerprint density at radius 1 is 0.857 bits per heavy atom. The monoisotopic (exact) mass is 438 g/mol. The van der Waals surface area contributed by atoms with Crippen molar-refractivity contribution in [2.45, 2.75) is 21.6 Å². The van der Waals surface area contributed by atoms with Crippen molar-refractivity contribution in [1.82, 2.24) is 9.44 Å². The Balaban J connectivity index is 2.30. The van der Waals surface area contributed by atoms with Gasteiger partial charge < -0.3 is 5.11 Å². The molecule has 0 spiro atoms. The summed E-state index contributed by atoms with van der Waals surface area (Å²) in [6.45, 7) is -1.36. The van der Waals surface area contributed by atoms with Gasteiger partial charge in [-0.15, -0.1) is 0 Å². The molecule has 0 radical (unpaired) electrons. The van der Waals surface area contributed by atoms with Gasteiger partial charge in [-0.25, -0.2) is 26.3 Å². The minimum absolute atomic E-state index is 0.218. The molecule has 0 aliphatic carbocycles. The summed E-state index contributed by atoms with van der Waals surface area (Å²) in [6, 6.07) is 9.91. The van der Waals surface area contributed by atoms with E-state index in [1.807, 2.05) is 4.72 Å². The van der Waals surface area contributed by atoms with Crippen LogP contribution >= 0.6 is 0 Å². The standard InChI is InChI=1S/C16H17F3N2O5S2/c1-20-27(23,24)13-7-9-14(10-8-13)28(25,26)21-11-15(22,16(17,18)19)12-5-3-2-4-6-12/h2-10,20-22H,11H2,1H3. The summed E-state index contributed by atoms with van der Waals surface area (Å²) >= 11 is 0. The molecular formula is C16H17F3N2O5S2. The lowest BCUT2D eigenvalue weighted by Crippen LogP contribution is -2.51. The maximum Gasteiger partial charge on any atom is 0.422 e. The van der Waals surface area contributed by atoms with E-state index >= 15 is 0 Å². The van der Waals surface area contributed by atoms with Gasteiger partial charge in [-0.2, -0.15) is 13.2 Å². The Labute approximate surface area is 160 Å². The first-order valence-corrected chi connectivity index (χ1v) is 10.7. The van der Waals surface area contributed by atoms with E-state index in [2.05, 4.69) is 0 Å². The van der Waals surface area contributed by atoms with Crippen LogP contribution in [0.15, 0.2) is 64.4 Å². The van der Waals surface area contributed by atoms with Crippen molar-refractivity contribution in [1.29, 1.82) is 0 Å². The Morgan fingerprint density at radius 3 is 1.75 bits per heavy atom. The van der Waals surface area contributed by atoms with Crippen LogP contribution in [0, 0.1) is 0 Å². The molecule has 0 aromatic heterocycles. The third-order valence-electron chi connectivity index (χ3n) is 3.95. The van der Waals surface area contributed by atoms with Crippen LogP contribution in [-0.2, 0) is 25.6 Å². The highest BCUT2D eigenvalue weighted by molar-refractivity contribution is 7.90. The topological polar surface area (TPSA) is 113 Å². The van der Waals surface area contributed by atoms with Gasteiger partial charge in [-0.3, -0.25) is 0 Å². The molecule has 0 bridgehead atoms. The van der Waals surface area contributed by atoms with Crippen molar-refractivity contribution in [3.8, 4) is 0 Å². The summed E-state index contributed by atoms with van der Waals surface area (Å²) in [4.78, 5) is -0.676. The molecule has 1 unspecified atom stereocenters. The van der Waals surface area contributed by atoms with E-state index in [4.69, 9.17) is 0 Å². The Kier molecular flexibility index (Phi) is 6.21. The number of rotatable bonds is 7. The molecule has 3 N–H and O–H groups in total. The van der Waals surface area contributed by atoms with Crippen molar-refractivity contribution in [2.75, 3.05) is 13.6 Å². The molecule has 0 heterocycles. The third-order valence-corrected chi connectivity index (χ3v) is 6.80. The molecule has 28 heavy (non-hydrogen) atoms. The normalized spacial score (nSPS) is 15.2. The Hall–Kier alpha value is -1.99. The first-order valence-electron chi connectivity index (χ1n) is 7.71. The number of hydrogen-bond donors (Lipinski definition) is 3. The van der Waals surface area contributed by atoms with Crippen LogP contribution in [0.25, 0.3) is 0 Å². The van der Waals surface area contributed by atoms with Gasteiger partial charge in [0.25, 0.3) is 0 Å². The van der Waals surface area contributed by atoms with Crippen LogP contribution in [0.1, 0.15) is 5.56 Å². The molecule has 0 aliphatic heterocycles. The van der Waals surface area contributed by atoms with E-state index in [1.165, 1.54) is 25.2 Å². The molecule has 12 heteroatoms. The zero-order valence-corrected chi connectivity index (χ0v) is 16.1. The van der Waals surface area contributed by atoms with Gasteiger partial charge in [-0.1, -0.05) is 30.3 Å². The van der Waals surface area contributed by atoms with E-state index in [0.29, 0.717) is 0 Å². The molecule has 1 atom stereocenters. The molecule has 7 nitrogen and oxygen atoms in total. The minimum atomic E-state index is -5.15. The van der Waals surface area contributed by atoms with E-state index < -0.39 is 48.8 Å². The predicted molar refractivity (Wildman–Crippen MR) is 94.3 cm³/mol. The van der Waals surface area contributed by atoms with E-state index in [1.54, 1.807) is 4.72 Å². The van der Waals surface area contributed by atoms with Crippen LogP contribution in [-0.4, -0.2) is 41.7 Å². The number of halogens is 3. The number of sulfonamides is 2. The van der Waals surface area contributed by atoms with Crippen LogP contribution in [0.4, 0.5) is 13.2 Å². The van der Waals surface area contributed by atoms with E-state index in [0.717, 1.165) is 36.4 Å². The zero-order chi connectivity index (χ0) is 21.2. The maximum absolute atomic E-state index is 13.4. The number of hydrogen-bond acceptors (Lipinski definition) is 5. The smallest absolute Gasteiger partial charge is 0.375 e. The number of aliphatic hydroxyl groups is 1. The lowest BCUT2D eigenvalue weighted by Gasteiger charge is -2.31. The van der Waals surface area contributed by atoms with Gasteiger partial charge >= 0.3 is 6.18 Å². The Morgan fingerprint density at radius 2 is 1.32 bits per heavy atom. The van der Waals surface area contributed by atoms with E-state index in [-0.39, 0.29) is 4.90 Å². The average Bonchev–Trinajstić information content (AvgIpc) is 2.66. The summed E-state index contributed by atoms with van der Waals surface area (Å²) in [6.07, 6.45) is -5.15. The van der Waals surface area contributed by atoms with Gasteiger partial charge in [0.15, 0.2) is 5.60 Å². The molecule has 2 aromatic rings. The molecule has 0 aliphatic rings. The summed E-state index contributed by atoms with van der Waals surface area (Å²) in [5, 5.41) is 10.2. The highest BCUT2D eigenvalue weighted by Crippen LogP contribution is 2.38. The molecule has 2 aromatic carbocycles. The van der Waals surface area contributed by atoms with Gasteiger partial charge in [0.1, 0.15) is 0 Å². The fraction of sp³-hybridized carbons (Fsp3) is 0.250. The van der Waals surface area contributed by atoms with Crippen LogP contribution in [0.3, 0.4) is 0 Å². The quantitative estimate of drug-likeness (QED) is 0.604. The van der Waals surface area contributed by atoms with E-state index in [9.17, 15) is 35.1 Å². The van der Waals surface area contributed by atoms with Crippen molar-refractivity contribution in [2.24, 2.45) is 0 Å². The van der Waals surface area contributed by atoms with Gasteiger partial charge in [0.05, 0.1) is 16.3 Å². The highest BCUT2D eigenvalue weighted by Gasteiger charge is 2.55. The fourth-order valence-corrected chi connectivity index (χ4v) is 4.07. The molecule has 0 fully saturated rings. The largest absolute Gasteiger partial charge is 0.422 e. The molecule has 0 saturated carbocycles. The predicted octanol–water partition coefficient (Wildman–Crippen LogP) is 1.32. The minimum Gasteiger partial charge on any atom is -0.375 e. The van der Waals surface area contributed by atoms with Crippen molar-refractivity contribution in [3.05, 3.63) is 60.2 Å². The second-order valence-electron chi connectivity index (χ2n) is 5.73. The SMILES string of the molecule is CNS(=O)(=O)c1ccc(S(=O)(=O)NCC(O)(c2ccccc2)C(F)(F)F)cc1. The number of alkyl halides is 3.